The van der Waals surface area contributed by atoms with E-state index < -0.39 is 12.2 Å². The van der Waals surface area contributed by atoms with Gasteiger partial charge in [-0.2, -0.15) is 13.2 Å². The first kappa shape index (κ1) is 18.4. The number of hydrogen-bond donors (Lipinski definition) is 1. The molecule has 1 unspecified atom stereocenters. The summed E-state index contributed by atoms with van der Waals surface area (Å²) in [6.45, 7) is 2.97. The molecule has 0 radical (unpaired) electrons. The highest BCUT2D eigenvalue weighted by molar-refractivity contribution is 5.38. The van der Waals surface area contributed by atoms with Crippen molar-refractivity contribution in [2.45, 2.75) is 31.1 Å². The quantitative estimate of drug-likeness (QED) is 0.871. The number of alkyl halides is 3. The molecule has 25 heavy (non-hydrogen) atoms. The van der Waals surface area contributed by atoms with Crippen molar-refractivity contribution in [2.24, 2.45) is 0 Å². The van der Waals surface area contributed by atoms with Crippen molar-refractivity contribution in [3.63, 3.8) is 0 Å². The molecule has 0 saturated carbocycles. The summed E-state index contributed by atoms with van der Waals surface area (Å²) in [4.78, 5) is 8.00. The fourth-order valence-corrected chi connectivity index (χ4v) is 3.47. The molecule has 3 heterocycles. The van der Waals surface area contributed by atoms with Gasteiger partial charge in [0.15, 0.2) is 0 Å². The molecule has 2 aliphatic heterocycles. The summed E-state index contributed by atoms with van der Waals surface area (Å²) in [6.07, 6.45) is -0.816. The van der Waals surface area contributed by atoms with Crippen LogP contribution >= 0.6 is 0 Å². The zero-order chi connectivity index (χ0) is 17.7. The number of hydrogen-bond acceptors (Lipinski definition) is 5. The Bertz CT molecular complexity index is 514. The van der Waals surface area contributed by atoms with Gasteiger partial charge < -0.3 is 15.0 Å². The Morgan fingerprint density at radius 2 is 1.88 bits per heavy atom. The van der Waals surface area contributed by atoms with Crippen molar-refractivity contribution >= 4 is 5.82 Å². The molecule has 5 nitrogen and oxygen atoms in total. The number of pyridine rings is 1. The Hall–Kier alpha value is -1.38. The Morgan fingerprint density at radius 1 is 1.16 bits per heavy atom. The Kier molecular flexibility index (Phi) is 6.14. The van der Waals surface area contributed by atoms with Crippen LogP contribution in [0.1, 0.15) is 12.8 Å². The summed E-state index contributed by atoms with van der Waals surface area (Å²) in [5.74, 6) is 0.933. The molecule has 0 bridgehead atoms. The van der Waals surface area contributed by atoms with Crippen LogP contribution in [0.5, 0.6) is 0 Å². The van der Waals surface area contributed by atoms with Crippen LogP contribution < -0.4 is 10.2 Å². The van der Waals surface area contributed by atoms with E-state index in [4.69, 9.17) is 4.74 Å². The summed E-state index contributed by atoms with van der Waals surface area (Å²) in [7, 11) is 0. The summed E-state index contributed by atoms with van der Waals surface area (Å²) in [5, 5.41) is 3.15. The molecule has 0 spiro atoms. The van der Waals surface area contributed by atoms with Crippen LogP contribution in [0, 0.1) is 0 Å². The highest BCUT2D eigenvalue weighted by atomic mass is 19.4. The first-order valence-corrected chi connectivity index (χ1v) is 8.82. The highest BCUT2D eigenvalue weighted by Crippen LogP contribution is 2.26. The van der Waals surface area contributed by atoms with Crippen molar-refractivity contribution < 1.29 is 17.9 Å². The maximum Gasteiger partial charge on any atom is 0.405 e. The molecule has 2 aliphatic rings. The highest BCUT2D eigenvalue weighted by Gasteiger charge is 2.43. The lowest BCUT2D eigenvalue weighted by Crippen LogP contribution is -2.56. The molecular formula is C17H25F3N4O. The molecule has 0 aliphatic carbocycles. The minimum absolute atomic E-state index is 0.0578. The van der Waals surface area contributed by atoms with Gasteiger partial charge in [0.2, 0.25) is 0 Å². The van der Waals surface area contributed by atoms with E-state index in [-0.39, 0.29) is 12.6 Å². The second-order valence-electron chi connectivity index (χ2n) is 6.56. The number of piperidine rings is 1. The average molecular weight is 358 g/mol. The summed E-state index contributed by atoms with van der Waals surface area (Å²) >= 11 is 0. The van der Waals surface area contributed by atoms with Gasteiger partial charge in [-0.05, 0) is 25.0 Å². The third-order valence-corrected chi connectivity index (χ3v) is 4.93. The molecule has 2 fully saturated rings. The van der Waals surface area contributed by atoms with Crippen LogP contribution in [0.2, 0.25) is 0 Å². The van der Waals surface area contributed by atoms with Crippen LogP contribution in [0.25, 0.3) is 0 Å². The predicted molar refractivity (Wildman–Crippen MR) is 89.7 cm³/mol. The summed E-state index contributed by atoms with van der Waals surface area (Å²) in [5.41, 5.74) is 0. The van der Waals surface area contributed by atoms with E-state index in [9.17, 15) is 13.2 Å². The number of anilines is 1. The topological polar surface area (TPSA) is 40.6 Å². The van der Waals surface area contributed by atoms with Crippen LogP contribution in [0.4, 0.5) is 19.0 Å². The molecule has 1 aromatic rings. The normalized spacial score (nSPS) is 22.1. The second-order valence-corrected chi connectivity index (χ2v) is 6.56. The van der Waals surface area contributed by atoms with Crippen molar-refractivity contribution in [3.05, 3.63) is 24.4 Å². The standard InChI is InChI=1S/C17H25F3N4O/c18-17(19,20)15(23-9-11-25-12-10-23)13-22-14-4-7-24(8-5-14)16-3-1-2-6-21-16/h1-3,6,14-15,22H,4-5,7-13H2. The summed E-state index contributed by atoms with van der Waals surface area (Å²) in [6, 6.07) is 4.46. The van der Waals surface area contributed by atoms with Gasteiger partial charge in [0.05, 0.1) is 13.2 Å². The van der Waals surface area contributed by atoms with Crippen LogP contribution in [-0.2, 0) is 4.74 Å². The van der Waals surface area contributed by atoms with E-state index in [1.165, 1.54) is 4.90 Å². The SMILES string of the molecule is FC(F)(F)C(CNC1CCN(c2ccccn2)CC1)N1CCOCC1. The molecule has 0 aromatic carbocycles. The smallest absolute Gasteiger partial charge is 0.379 e. The average Bonchev–Trinajstić information content (AvgIpc) is 2.63. The zero-order valence-corrected chi connectivity index (χ0v) is 14.2. The lowest BCUT2D eigenvalue weighted by atomic mass is 10.0. The van der Waals surface area contributed by atoms with Crippen molar-refractivity contribution in [3.8, 4) is 0 Å². The maximum atomic E-state index is 13.4. The second kappa shape index (κ2) is 8.33. The molecular weight excluding hydrogens is 333 g/mol. The Morgan fingerprint density at radius 3 is 2.48 bits per heavy atom. The van der Waals surface area contributed by atoms with Gasteiger partial charge in [0, 0.05) is 45.0 Å². The minimum Gasteiger partial charge on any atom is -0.379 e. The van der Waals surface area contributed by atoms with E-state index in [0.29, 0.717) is 26.3 Å². The number of morpholine rings is 1. The van der Waals surface area contributed by atoms with Gasteiger partial charge >= 0.3 is 6.18 Å². The maximum absolute atomic E-state index is 13.4. The van der Waals surface area contributed by atoms with E-state index in [2.05, 4.69) is 15.2 Å². The minimum atomic E-state index is -4.22. The van der Waals surface area contributed by atoms with Gasteiger partial charge in [-0.25, -0.2) is 4.98 Å². The third-order valence-electron chi connectivity index (χ3n) is 4.93. The van der Waals surface area contributed by atoms with E-state index in [1.807, 2.05) is 18.2 Å². The van der Waals surface area contributed by atoms with Crippen molar-refractivity contribution in [1.29, 1.82) is 0 Å². The van der Waals surface area contributed by atoms with Crippen LogP contribution in [0.15, 0.2) is 24.4 Å². The fourth-order valence-electron chi connectivity index (χ4n) is 3.47. The largest absolute Gasteiger partial charge is 0.405 e. The number of rotatable bonds is 5. The van der Waals surface area contributed by atoms with Crippen molar-refractivity contribution in [2.75, 3.05) is 50.8 Å². The Balaban J connectivity index is 1.49. The van der Waals surface area contributed by atoms with Gasteiger partial charge in [0.1, 0.15) is 11.9 Å². The van der Waals surface area contributed by atoms with Gasteiger partial charge in [-0.1, -0.05) is 6.07 Å². The molecule has 3 rings (SSSR count). The van der Waals surface area contributed by atoms with Crippen molar-refractivity contribution in [1.82, 2.24) is 15.2 Å². The molecule has 0 amide bonds. The lowest BCUT2D eigenvalue weighted by molar-refractivity contribution is -0.190. The number of nitrogens with zero attached hydrogens (tertiary/aromatic N) is 3. The van der Waals surface area contributed by atoms with Gasteiger partial charge in [-0.15, -0.1) is 0 Å². The number of aromatic nitrogens is 1. The molecule has 8 heteroatoms. The molecule has 140 valence electrons. The van der Waals surface area contributed by atoms with Crippen LogP contribution in [-0.4, -0.2) is 74.1 Å². The van der Waals surface area contributed by atoms with Gasteiger partial charge in [0.25, 0.3) is 0 Å². The Labute approximate surface area is 146 Å². The third kappa shape index (κ3) is 5.05. The van der Waals surface area contributed by atoms with E-state index >= 15 is 0 Å². The number of nitrogens with one attached hydrogen (secondary N) is 1. The predicted octanol–water partition coefficient (Wildman–Crippen LogP) is 1.90. The van der Waals surface area contributed by atoms with Crippen LogP contribution in [0.3, 0.4) is 0 Å². The zero-order valence-electron chi connectivity index (χ0n) is 14.2. The first-order valence-electron chi connectivity index (χ1n) is 8.82. The lowest BCUT2D eigenvalue weighted by Gasteiger charge is -2.38. The molecule has 1 aromatic heterocycles. The number of ether oxygens (including phenoxy) is 1. The molecule has 1 atom stereocenters. The first-order chi connectivity index (χ1) is 12.0. The number of halogens is 3. The van der Waals surface area contributed by atoms with E-state index in [1.54, 1.807) is 6.20 Å². The molecule has 1 N–H and O–H groups in total. The fraction of sp³-hybridized carbons (Fsp3) is 0.706. The molecule has 2 saturated heterocycles. The monoisotopic (exact) mass is 358 g/mol. The van der Waals surface area contributed by atoms with E-state index in [0.717, 1.165) is 31.7 Å². The summed E-state index contributed by atoms with van der Waals surface area (Å²) < 4.78 is 45.4. The van der Waals surface area contributed by atoms with Gasteiger partial charge in [-0.3, -0.25) is 4.90 Å².